The highest BCUT2D eigenvalue weighted by atomic mass is 79.9. The van der Waals surface area contributed by atoms with Crippen LogP contribution in [0.25, 0.3) is 0 Å². The van der Waals surface area contributed by atoms with Crippen LogP contribution in [0.3, 0.4) is 0 Å². The van der Waals surface area contributed by atoms with Crippen molar-refractivity contribution >= 4 is 43.5 Å². The molecule has 5 heteroatoms. The molecular formula is C13H16Br2ClNO. The molecule has 0 atom stereocenters. The summed E-state index contributed by atoms with van der Waals surface area (Å²) in [6.07, 6.45) is 1.13. The van der Waals surface area contributed by atoms with E-state index in [1.165, 1.54) is 5.56 Å². The van der Waals surface area contributed by atoms with Gasteiger partial charge in [0.05, 0.1) is 8.95 Å². The van der Waals surface area contributed by atoms with Crippen molar-refractivity contribution in [2.45, 2.75) is 19.9 Å². The van der Waals surface area contributed by atoms with Crippen molar-refractivity contribution in [3.8, 4) is 5.75 Å². The van der Waals surface area contributed by atoms with Crippen LogP contribution in [0.1, 0.15) is 18.9 Å². The molecule has 0 radical (unpaired) electrons. The standard InChI is InChI=1S/C13H16Br2ClNO/c1-3-4-17-7-10-5-11(14)13(12(15)6-10)18-8-9(2)16/h5-6,17H,2-4,7-8H2,1H3. The van der Waals surface area contributed by atoms with Crippen LogP contribution in [0.5, 0.6) is 5.75 Å². The summed E-state index contributed by atoms with van der Waals surface area (Å²) in [5.41, 5.74) is 1.19. The Morgan fingerprint density at radius 1 is 1.39 bits per heavy atom. The number of halogens is 3. The first kappa shape index (κ1) is 16.0. The number of nitrogens with one attached hydrogen (secondary N) is 1. The summed E-state index contributed by atoms with van der Waals surface area (Å²) in [4.78, 5) is 0. The molecule has 0 aliphatic heterocycles. The van der Waals surface area contributed by atoms with Gasteiger partial charge in [0.15, 0.2) is 0 Å². The van der Waals surface area contributed by atoms with Gasteiger partial charge < -0.3 is 10.1 Å². The number of benzene rings is 1. The van der Waals surface area contributed by atoms with Crippen LogP contribution in [0.4, 0.5) is 0 Å². The van der Waals surface area contributed by atoms with E-state index < -0.39 is 0 Å². The van der Waals surface area contributed by atoms with Crippen LogP contribution in [-0.2, 0) is 6.54 Å². The van der Waals surface area contributed by atoms with Crippen LogP contribution in [0.15, 0.2) is 32.7 Å². The minimum atomic E-state index is 0.298. The first-order valence-electron chi connectivity index (χ1n) is 5.69. The molecule has 0 aliphatic rings. The van der Waals surface area contributed by atoms with Gasteiger partial charge in [0, 0.05) is 11.6 Å². The van der Waals surface area contributed by atoms with Gasteiger partial charge in [0.2, 0.25) is 0 Å². The lowest BCUT2D eigenvalue weighted by atomic mass is 10.2. The summed E-state index contributed by atoms with van der Waals surface area (Å²) in [6.45, 7) is 7.90. The monoisotopic (exact) mass is 395 g/mol. The van der Waals surface area contributed by atoms with Crippen LogP contribution < -0.4 is 10.1 Å². The average Bonchev–Trinajstić information content (AvgIpc) is 2.28. The minimum absolute atomic E-state index is 0.298. The second-order valence-electron chi connectivity index (χ2n) is 3.87. The van der Waals surface area contributed by atoms with Crippen molar-refractivity contribution < 1.29 is 4.74 Å². The number of ether oxygens (including phenoxy) is 1. The molecule has 18 heavy (non-hydrogen) atoms. The largest absolute Gasteiger partial charge is 0.486 e. The fraction of sp³-hybridized carbons (Fsp3) is 0.385. The summed E-state index contributed by atoms with van der Waals surface area (Å²) in [7, 11) is 0. The molecule has 0 unspecified atom stereocenters. The summed E-state index contributed by atoms with van der Waals surface area (Å²) < 4.78 is 7.38. The maximum absolute atomic E-state index is 5.69. The number of hydrogen-bond donors (Lipinski definition) is 1. The first-order valence-corrected chi connectivity index (χ1v) is 7.65. The van der Waals surface area contributed by atoms with Crippen LogP contribution in [0.2, 0.25) is 0 Å². The second-order valence-corrected chi connectivity index (χ2v) is 6.11. The third-order valence-electron chi connectivity index (χ3n) is 2.19. The molecule has 100 valence electrons. The SMILES string of the molecule is C=C(Cl)COc1c(Br)cc(CNCCC)cc1Br. The Balaban J connectivity index is 2.74. The molecule has 0 spiro atoms. The van der Waals surface area contributed by atoms with Gasteiger partial charge >= 0.3 is 0 Å². The van der Waals surface area contributed by atoms with E-state index in [0.29, 0.717) is 11.6 Å². The molecule has 0 aliphatic carbocycles. The number of rotatable bonds is 7. The fourth-order valence-corrected chi connectivity index (χ4v) is 2.98. The molecule has 1 aromatic rings. The highest BCUT2D eigenvalue weighted by molar-refractivity contribution is 9.11. The molecular weight excluding hydrogens is 381 g/mol. The lowest BCUT2D eigenvalue weighted by Gasteiger charge is -2.12. The van der Waals surface area contributed by atoms with Gasteiger partial charge in [-0.25, -0.2) is 0 Å². The van der Waals surface area contributed by atoms with Gasteiger partial charge in [-0.3, -0.25) is 0 Å². The summed E-state index contributed by atoms with van der Waals surface area (Å²) >= 11 is 12.7. The Labute approximate surface area is 130 Å². The Bertz CT molecular complexity index is 400. The van der Waals surface area contributed by atoms with Gasteiger partial charge in [-0.2, -0.15) is 0 Å². The van der Waals surface area contributed by atoms with Crippen LogP contribution in [0, 0.1) is 0 Å². The van der Waals surface area contributed by atoms with Crippen molar-refractivity contribution in [1.29, 1.82) is 0 Å². The van der Waals surface area contributed by atoms with E-state index in [4.69, 9.17) is 16.3 Å². The lowest BCUT2D eigenvalue weighted by molar-refractivity contribution is 0.355. The third kappa shape index (κ3) is 5.31. The average molecular weight is 398 g/mol. The predicted octanol–water partition coefficient (Wildman–Crippen LogP) is 4.84. The van der Waals surface area contributed by atoms with Gasteiger partial charge in [0.1, 0.15) is 12.4 Å². The lowest BCUT2D eigenvalue weighted by Crippen LogP contribution is -2.13. The fourth-order valence-electron chi connectivity index (χ4n) is 1.41. The zero-order chi connectivity index (χ0) is 13.5. The van der Waals surface area contributed by atoms with E-state index in [1.807, 2.05) is 12.1 Å². The summed E-state index contributed by atoms with van der Waals surface area (Å²) in [6, 6.07) is 4.08. The smallest absolute Gasteiger partial charge is 0.148 e. The highest BCUT2D eigenvalue weighted by Crippen LogP contribution is 2.35. The van der Waals surface area contributed by atoms with E-state index in [9.17, 15) is 0 Å². The number of hydrogen-bond acceptors (Lipinski definition) is 2. The summed E-state index contributed by atoms with van der Waals surface area (Å²) in [5, 5.41) is 3.83. The zero-order valence-electron chi connectivity index (χ0n) is 10.2. The maximum atomic E-state index is 5.69. The normalized spacial score (nSPS) is 10.4. The molecule has 0 aromatic heterocycles. The van der Waals surface area contributed by atoms with E-state index in [2.05, 4.69) is 50.7 Å². The summed E-state index contributed by atoms with van der Waals surface area (Å²) in [5.74, 6) is 0.746. The van der Waals surface area contributed by atoms with E-state index in [1.54, 1.807) is 0 Å². The van der Waals surface area contributed by atoms with Gasteiger partial charge in [-0.15, -0.1) is 0 Å². The molecule has 1 N–H and O–H groups in total. The van der Waals surface area contributed by atoms with Crippen molar-refractivity contribution in [2.75, 3.05) is 13.2 Å². The molecule has 0 saturated carbocycles. The van der Waals surface area contributed by atoms with Crippen molar-refractivity contribution in [3.63, 3.8) is 0 Å². The molecule has 1 aromatic carbocycles. The Morgan fingerprint density at radius 3 is 2.50 bits per heavy atom. The minimum Gasteiger partial charge on any atom is -0.486 e. The van der Waals surface area contributed by atoms with Gasteiger partial charge in [0.25, 0.3) is 0 Å². The second kappa shape index (κ2) is 8.20. The van der Waals surface area contributed by atoms with Gasteiger partial charge in [-0.05, 0) is 62.5 Å². The topological polar surface area (TPSA) is 21.3 Å². The van der Waals surface area contributed by atoms with Crippen molar-refractivity contribution in [1.82, 2.24) is 5.32 Å². The van der Waals surface area contributed by atoms with E-state index in [0.717, 1.165) is 34.2 Å². The Hall–Kier alpha value is -0.0300. The maximum Gasteiger partial charge on any atom is 0.148 e. The molecule has 0 bridgehead atoms. The van der Waals surface area contributed by atoms with Crippen LogP contribution >= 0.6 is 43.5 Å². The zero-order valence-corrected chi connectivity index (χ0v) is 14.2. The molecule has 0 saturated heterocycles. The molecule has 0 heterocycles. The molecule has 1 rings (SSSR count). The van der Waals surface area contributed by atoms with E-state index >= 15 is 0 Å². The van der Waals surface area contributed by atoms with E-state index in [-0.39, 0.29) is 0 Å². The third-order valence-corrected chi connectivity index (χ3v) is 3.47. The van der Waals surface area contributed by atoms with Crippen molar-refractivity contribution in [2.24, 2.45) is 0 Å². The Kier molecular flexibility index (Phi) is 7.30. The quantitative estimate of drug-likeness (QED) is 0.665. The molecule has 0 amide bonds. The molecule has 2 nitrogen and oxygen atoms in total. The van der Waals surface area contributed by atoms with Crippen molar-refractivity contribution in [3.05, 3.63) is 38.3 Å². The predicted molar refractivity (Wildman–Crippen MR) is 84.3 cm³/mol. The molecule has 0 fully saturated rings. The Morgan fingerprint density at radius 2 is 2.00 bits per heavy atom. The van der Waals surface area contributed by atoms with Gasteiger partial charge in [-0.1, -0.05) is 25.1 Å². The highest BCUT2D eigenvalue weighted by Gasteiger charge is 2.09. The van der Waals surface area contributed by atoms with Crippen LogP contribution in [-0.4, -0.2) is 13.2 Å². The first-order chi connectivity index (χ1) is 8.54.